The van der Waals surface area contributed by atoms with E-state index in [-0.39, 0.29) is 18.3 Å². The van der Waals surface area contributed by atoms with Crippen LogP contribution in [0.1, 0.15) is 27.4 Å². The Kier molecular flexibility index (Phi) is 7.03. The number of nitrogens with zero attached hydrogens (tertiary/aromatic N) is 1. The highest BCUT2D eigenvalue weighted by Crippen LogP contribution is 2.33. The highest BCUT2D eigenvalue weighted by atomic mass is 32.2. The maximum atomic E-state index is 12.4. The molecule has 0 bridgehead atoms. The van der Waals surface area contributed by atoms with Crippen molar-refractivity contribution in [2.24, 2.45) is 4.99 Å². The van der Waals surface area contributed by atoms with Gasteiger partial charge < -0.3 is 23.9 Å². The van der Waals surface area contributed by atoms with Crippen LogP contribution in [0.4, 0.5) is 5.69 Å². The summed E-state index contributed by atoms with van der Waals surface area (Å²) in [5.41, 5.74) is 2.61. The fourth-order valence-electron chi connectivity index (χ4n) is 3.14. The van der Waals surface area contributed by atoms with Gasteiger partial charge in [0.05, 0.1) is 24.8 Å². The molecule has 1 saturated heterocycles. The predicted molar refractivity (Wildman–Crippen MR) is 129 cm³/mol. The third-order valence-electron chi connectivity index (χ3n) is 4.89. The molecule has 1 N–H and O–H groups in total. The van der Waals surface area contributed by atoms with Crippen molar-refractivity contribution in [3.05, 3.63) is 82.1 Å². The van der Waals surface area contributed by atoms with Crippen LogP contribution in [0.15, 0.2) is 68.9 Å². The summed E-state index contributed by atoms with van der Waals surface area (Å²) in [6.07, 6.45) is 1.77. The number of ether oxygens (including phenoxy) is 3. The van der Waals surface area contributed by atoms with Crippen LogP contribution in [0, 0.1) is 6.92 Å². The van der Waals surface area contributed by atoms with Crippen molar-refractivity contribution >= 4 is 40.6 Å². The Morgan fingerprint density at radius 1 is 1.12 bits per heavy atom. The van der Waals surface area contributed by atoms with E-state index < -0.39 is 5.97 Å². The number of methoxy groups -OCH3 is 2. The lowest BCUT2D eigenvalue weighted by Gasteiger charge is -2.10. The van der Waals surface area contributed by atoms with Crippen molar-refractivity contribution in [2.75, 3.05) is 14.2 Å². The number of furan rings is 1. The molecular formula is C25H22N2O6S. The third-order valence-corrected chi connectivity index (χ3v) is 5.80. The zero-order valence-corrected chi connectivity index (χ0v) is 19.6. The highest BCUT2D eigenvalue weighted by Gasteiger charge is 2.24. The standard InChI is InChI=1S/C25H22N2O6S/c1-15-6-4-5-7-18(15)26-25-27-23(28)22(34-25)13-16-8-10-19(21(12-16)30-2)32-14-17-9-11-20(33-17)24(29)31-3/h4-13H,14H2,1-3H3,(H,26,27,28). The van der Waals surface area contributed by atoms with Gasteiger partial charge in [-0.3, -0.25) is 4.79 Å². The molecule has 34 heavy (non-hydrogen) atoms. The summed E-state index contributed by atoms with van der Waals surface area (Å²) >= 11 is 1.28. The van der Waals surface area contributed by atoms with Gasteiger partial charge in [-0.15, -0.1) is 0 Å². The van der Waals surface area contributed by atoms with Gasteiger partial charge in [-0.25, -0.2) is 9.79 Å². The average molecular weight is 479 g/mol. The minimum Gasteiger partial charge on any atom is -0.493 e. The molecule has 4 rings (SSSR count). The van der Waals surface area contributed by atoms with Crippen LogP contribution in [0.5, 0.6) is 11.5 Å². The highest BCUT2D eigenvalue weighted by molar-refractivity contribution is 8.18. The average Bonchev–Trinajstić information content (AvgIpc) is 3.45. The zero-order chi connectivity index (χ0) is 24.1. The maximum Gasteiger partial charge on any atom is 0.373 e. The first-order chi connectivity index (χ1) is 16.5. The van der Waals surface area contributed by atoms with Gasteiger partial charge in [0, 0.05) is 0 Å². The largest absolute Gasteiger partial charge is 0.493 e. The van der Waals surface area contributed by atoms with E-state index in [1.807, 2.05) is 37.3 Å². The molecule has 2 heterocycles. The second kappa shape index (κ2) is 10.3. The number of thioether (sulfide) groups is 1. The lowest BCUT2D eigenvalue weighted by Crippen LogP contribution is -2.19. The first kappa shape index (κ1) is 23.2. The number of benzene rings is 2. The molecule has 1 aliphatic heterocycles. The molecule has 1 fully saturated rings. The van der Waals surface area contributed by atoms with E-state index in [2.05, 4.69) is 15.0 Å². The first-order valence-corrected chi connectivity index (χ1v) is 11.1. The predicted octanol–water partition coefficient (Wildman–Crippen LogP) is 4.85. The van der Waals surface area contributed by atoms with Crippen LogP contribution < -0.4 is 14.8 Å². The zero-order valence-electron chi connectivity index (χ0n) is 18.8. The molecule has 3 aromatic rings. The van der Waals surface area contributed by atoms with Crippen molar-refractivity contribution in [3.8, 4) is 11.5 Å². The second-order valence-electron chi connectivity index (χ2n) is 7.22. The van der Waals surface area contributed by atoms with Crippen molar-refractivity contribution in [2.45, 2.75) is 13.5 Å². The molecule has 8 nitrogen and oxygen atoms in total. The lowest BCUT2D eigenvalue weighted by molar-refractivity contribution is -0.115. The molecule has 174 valence electrons. The normalized spacial score (nSPS) is 15.4. The summed E-state index contributed by atoms with van der Waals surface area (Å²) in [6, 6.07) is 16.2. The van der Waals surface area contributed by atoms with E-state index in [0.29, 0.717) is 27.3 Å². The molecule has 0 spiro atoms. The molecule has 0 unspecified atom stereocenters. The molecule has 1 amide bonds. The number of aryl methyl sites for hydroxylation is 1. The van der Waals surface area contributed by atoms with Crippen molar-refractivity contribution < 1.29 is 28.2 Å². The van der Waals surface area contributed by atoms with Crippen molar-refractivity contribution in [3.63, 3.8) is 0 Å². The van der Waals surface area contributed by atoms with Crippen LogP contribution >= 0.6 is 11.8 Å². The molecule has 2 aromatic carbocycles. The van der Waals surface area contributed by atoms with Gasteiger partial charge in [0.25, 0.3) is 5.91 Å². The summed E-state index contributed by atoms with van der Waals surface area (Å²) < 4.78 is 21.3. The number of rotatable bonds is 7. The molecule has 1 aliphatic rings. The number of amides is 1. The monoisotopic (exact) mass is 478 g/mol. The van der Waals surface area contributed by atoms with Crippen molar-refractivity contribution in [1.82, 2.24) is 5.32 Å². The molecule has 0 aliphatic carbocycles. The van der Waals surface area contributed by atoms with Gasteiger partial charge in [0.2, 0.25) is 5.76 Å². The fraction of sp³-hybridized carbons (Fsp3) is 0.160. The number of hydrogen-bond acceptors (Lipinski definition) is 8. The minimum absolute atomic E-state index is 0.102. The number of esters is 1. The maximum absolute atomic E-state index is 12.4. The molecule has 0 atom stereocenters. The van der Waals surface area contributed by atoms with Gasteiger partial charge in [0.1, 0.15) is 12.4 Å². The quantitative estimate of drug-likeness (QED) is 0.383. The Hall–Kier alpha value is -3.98. The Morgan fingerprint density at radius 2 is 1.94 bits per heavy atom. The summed E-state index contributed by atoms with van der Waals surface area (Å²) in [4.78, 5) is 29.0. The van der Waals surface area contributed by atoms with Crippen LogP contribution in [0.25, 0.3) is 6.08 Å². The second-order valence-corrected chi connectivity index (χ2v) is 8.26. The Morgan fingerprint density at radius 3 is 2.71 bits per heavy atom. The van der Waals surface area contributed by atoms with Gasteiger partial charge in [0.15, 0.2) is 16.7 Å². The van der Waals surface area contributed by atoms with Crippen LogP contribution in [0.2, 0.25) is 0 Å². The van der Waals surface area contributed by atoms with E-state index in [0.717, 1.165) is 16.8 Å². The fourth-order valence-corrected chi connectivity index (χ4v) is 3.97. The number of amidine groups is 1. The summed E-state index contributed by atoms with van der Waals surface area (Å²) in [5.74, 6) is 0.788. The molecular weight excluding hydrogens is 456 g/mol. The minimum atomic E-state index is -0.554. The van der Waals surface area contributed by atoms with Gasteiger partial charge in [-0.1, -0.05) is 24.3 Å². The summed E-state index contributed by atoms with van der Waals surface area (Å²) in [5, 5.41) is 3.33. The van der Waals surface area contributed by atoms with E-state index >= 15 is 0 Å². The number of aliphatic imine (C=N–C) groups is 1. The lowest BCUT2D eigenvalue weighted by atomic mass is 10.2. The van der Waals surface area contributed by atoms with E-state index in [1.165, 1.54) is 32.0 Å². The molecule has 0 radical (unpaired) electrons. The smallest absolute Gasteiger partial charge is 0.373 e. The molecule has 0 saturated carbocycles. The van der Waals surface area contributed by atoms with E-state index in [4.69, 9.17) is 13.9 Å². The van der Waals surface area contributed by atoms with Gasteiger partial charge in [-0.05, 0) is 66.2 Å². The van der Waals surface area contributed by atoms with Gasteiger partial charge in [-0.2, -0.15) is 0 Å². The Bertz CT molecular complexity index is 1290. The van der Waals surface area contributed by atoms with E-state index in [9.17, 15) is 9.59 Å². The number of nitrogens with one attached hydrogen (secondary N) is 1. The van der Waals surface area contributed by atoms with Gasteiger partial charge >= 0.3 is 5.97 Å². The van der Waals surface area contributed by atoms with Crippen LogP contribution in [-0.4, -0.2) is 31.3 Å². The topological polar surface area (TPSA) is 99.4 Å². The van der Waals surface area contributed by atoms with Crippen LogP contribution in [0.3, 0.4) is 0 Å². The van der Waals surface area contributed by atoms with Crippen molar-refractivity contribution in [1.29, 1.82) is 0 Å². The van der Waals surface area contributed by atoms with Crippen LogP contribution in [-0.2, 0) is 16.1 Å². The number of hydrogen-bond donors (Lipinski definition) is 1. The summed E-state index contributed by atoms with van der Waals surface area (Å²) in [6.45, 7) is 2.07. The number of carbonyl (C=O) groups excluding carboxylic acids is 2. The molecule has 9 heteroatoms. The van der Waals surface area contributed by atoms with E-state index in [1.54, 1.807) is 24.3 Å². The SMILES string of the molecule is COC(=O)c1ccc(COc2ccc(C=C3SC(=Nc4ccccc4C)NC3=O)cc2OC)o1. The third kappa shape index (κ3) is 5.32. The Balaban J connectivity index is 1.47. The summed E-state index contributed by atoms with van der Waals surface area (Å²) in [7, 11) is 2.82. The number of carbonyl (C=O) groups is 2. The molecule has 1 aromatic heterocycles. The Labute approximate surface area is 200 Å². The first-order valence-electron chi connectivity index (χ1n) is 10.3. The number of para-hydroxylation sites is 1.